The van der Waals surface area contributed by atoms with Crippen LogP contribution >= 0.6 is 0 Å². The molecule has 4 aromatic rings. The van der Waals surface area contributed by atoms with Crippen molar-refractivity contribution < 1.29 is 31.9 Å². The molecule has 0 bridgehead atoms. The van der Waals surface area contributed by atoms with Crippen LogP contribution in [0.5, 0.6) is 5.75 Å². The van der Waals surface area contributed by atoms with Gasteiger partial charge in [-0.15, -0.1) is 0 Å². The van der Waals surface area contributed by atoms with Crippen LogP contribution in [0.15, 0.2) is 90.0 Å². The number of nitrogens with zero attached hydrogens (tertiary/aromatic N) is 6. The van der Waals surface area contributed by atoms with E-state index in [4.69, 9.17) is 14.7 Å². The Labute approximate surface area is 275 Å². The standard InChI is InChI=1S/C34H27FN6O6S/c1-2-46-29-9-5-3-7-25(29)34(47-33(43)40-17-15-39(16-18-40)31-14-12-24(21-37)22-38-31)26-19-23(20-36)11-13-28(26)41(32(34)42)48(44,45)30-10-6-4-8-27(30)35/h3-14,19,22H,2,15-18H2,1H3. The number of carbonyl (C=O) groups excluding carboxylic acids is 2. The van der Waals surface area contributed by atoms with Crippen LogP contribution in [0.1, 0.15) is 29.2 Å². The number of nitriles is 2. The molecule has 3 heterocycles. The minimum absolute atomic E-state index is 0.0215. The third kappa shape index (κ3) is 5.32. The van der Waals surface area contributed by atoms with Gasteiger partial charge >= 0.3 is 6.09 Å². The molecule has 6 rings (SSSR count). The number of aromatic nitrogens is 1. The highest BCUT2D eigenvalue weighted by Gasteiger charge is 2.61. The molecule has 48 heavy (non-hydrogen) atoms. The van der Waals surface area contributed by atoms with Gasteiger partial charge in [-0.05, 0) is 55.5 Å². The Morgan fingerprint density at radius 2 is 1.62 bits per heavy atom. The van der Waals surface area contributed by atoms with Crippen LogP contribution < -0.4 is 13.9 Å². The zero-order valence-electron chi connectivity index (χ0n) is 25.5. The Balaban J connectivity index is 1.45. The molecule has 242 valence electrons. The van der Waals surface area contributed by atoms with Gasteiger partial charge in [0.1, 0.15) is 28.3 Å². The molecular formula is C34H27FN6O6S. The fraction of sp³-hybridized carbons (Fsp3) is 0.206. The summed E-state index contributed by atoms with van der Waals surface area (Å²) < 4.78 is 55.6. The number of ether oxygens (including phenoxy) is 2. The topological polar surface area (TPSA) is 157 Å². The number of pyridine rings is 1. The number of fused-ring (bicyclic) bond motifs is 1. The lowest BCUT2D eigenvalue weighted by Gasteiger charge is -2.37. The monoisotopic (exact) mass is 666 g/mol. The van der Waals surface area contributed by atoms with E-state index in [1.165, 1.54) is 47.5 Å². The molecule has 0 spiro atoms. The maximum atomic E-state index is 15.0. The first kappa shape index (κ1) is 32.0. The van der Waals surface area contributed by atoms with E-state index >= 15 is 0 Å². The van der Waals surface area contributed by atoms with Crippen molar-refractivity contribution in [2.45, 2.75) is 17.4 Å². The first-order valence-corrected chi connectivity index (χ1v) is 16.3. The number of anilines is 2. The summed E-state index contributed by atoms with van der Waals surface area (Å²) in [4.78, 5) is 35.7. The summed E-state index contributed by atoms with van der Waals surface area (Å²) in [6.07, 6.45) is 0.524. The first-order valence-electron chi connectivity index (χ1n) is 14.9. The molecule has 2 aliphatic heterocycles. The number of carbonyl (C=O) groups is 2. The number of rotatable bonds is 7. The number of para-hydroxylation sites is 1. The maximum absolute atomic E-state index is 15.0. The number of benzene rings is 3. The largest absolute Gasteiger partial charge is 0.493 e. The summed E-state index contributed by atoms with van der Waals surface area (Å²) in [6, 6.07) is 22.1. The fourth-order valence-corrected chi connectivity index (χ4v) is 7.36. The van der Waals surface area contributed by atoms with Crippen LogP contribution in [-0.2, 0) is 25.2 Å². The average molecular weight is 667 g/mol. The fourth-order valence-electron chi connectivity index (χ4n) is 5.83. The van der Waals surface area contributed by atoms with Crippen molar-refractivity contribution in [1.82, 2.24) is 9.88 Å². The number of piperazine rings is 1. The molecule has 0 saturated carbocycles. The number of halogens is 1. The zero-order valence-corrected chi connectivity index (χ0v) is 26.4. The Kier molecular flexibility index (Phi) is 8.43. The van der Waals surface area contributed by atoms with Crippen molar-refractivity contribution in [2.75, 3.05) is 42.0 Å². The minimum atomic E-state index is -4.91. The van der Waals surface area contributed by atoms with Gasteiger partial charge in [-0.2, -0.15) is 14.8 Å². The third-order valence-electron chi connectivity index (χ3n) is 8.11. The maximum Gasteiger partial charge on any atom is 0.411 e. The van der Waals surface area contributed by atoms with Gasteiger partial charge in [0, 0.05) is 37.9 Å². The van der Waals surface area contributed by atoms with Crippen molar-refractivity contribution in [3.8, 4) is 17.9 Å². The quantitative estimate of drug-likeness (QED) is 0.279. The van der Waals surface area contributed by atoms with Crippen LogP contribution in [-0.4, -0.2) is 63.1 Å². The lowest BCUT2D eigenvalue weighted by molar-refractivity contribution is -0.132. The van der Waals surface area contributed by atoms with Crippen molar-refractivity contribution in [2.24, 2.45) is 0 Å². The SMILES string of the molecule is CCOc1ccccc1C1(OC(=O)N2CCN(c3ccc(C#N)cn3)CC2)C(=O)N(S(=O)(=O)c2ccccc2F)c2ccc(C#N)cc21. The Morgan fingerprint density at radius 3 is 2.29 bits per heavy atom. The predicted octanol–water partition coefficient (Wildman–Crippen LogP) is 4.30. The molecule has 1 fully saturated rings. The van der Waals surface area contributed by atoms with E-state index in [0.717, 1.165) is 12.1 Å². The molecule has 0 aliphatic carbocycles. The molecule has 2 amide bonds. The smallest absolute Gasteiger partial charge is 0.411 e. The molecule has 1 saturated heterocycles. The van der Waals surface area contributed by atoms with Crippen LogP contribution in [0.3, 0.4) is 0 Å². The summed E-state index contributed by atoms with van der Waals surface area (Å²) in [5, 5.41) is 18.9. The van der Waals surface area contributed by atoms with Gasteiger partial charge in [-0.3, -0.25) is 4.79 Å². The second-order valence-electron chi connectivity index (χ2n) is 10.8. The number of hydrogen-bond donors (Lipinski definition) is 0. The second-order valence-corrected chi connectivity index (χ2v) is 12.6. The minimum Gasteiger partial charge on any atom is -0.493 e. The van der Waals surface area contributed by atoms with Gasteiger partial charge in [0.2, 0.25) is 5.60 Å². The van der Waals surface area contributed by atoms with Crippen LogP contribution in [0.2, 0.25) is 0 Å². The summed E-state index contributed by atoms with van der Waals surface area (Å²) in [5.74, 6) is -1.55. The zero-order chi connectivity index (χ0) is 34.1. The number of hydrogen-bond acceptors (Lipinski definition) is 10. The second kappa shape index (κ2) is 12.7. The van der Waals surface area contributed by atoms with Crippen molar-refractivity contribution >= 4 is 33.5 Å². The molecule has 0 N–H and O–H groups in total. The van der Waals surface area contributed by atoms with Crippen LogP contribution in [0.4, 0.5) is 20.7 Å². The molecule has 3 aromatic carbocycles. The van der Waals surface area contributed by atoms with Gasteiger partial charge in [0.15, 0.2) is 0 Å². The van der Waals surface area contributed by atoms with E-state index < -0.39 is 38.3 Å². The molecule has 14 heteroatoms. The Hall–Kier alpha value is -5.99. The van der Waals surface area contributed by atoms with E-state index in [2.05, 4.69) is 4.98 Å². The first-order chi connectivity index (χ1) is 23.1. The molecule has 0 radical (unpaired) electrons. The Bertz CT molecular complexity index is 2110. The third-order valence-corrected chi connectivity index (χ3v) is 9.84. The Morgan fingerprint density at radius 1 is 0.938 bits per heavy atom. The van der Waals surface area contributed by atoms with Gasteiger partial charge in [0.05, 0.1) is 35.1 Å². The van der Waals surface area contributed by atoms with Crippen molar-refractivity contribution in [1.29, 1.82) is 10.5 Å². The predicted molar refractivity (Wildman–Crippen MR) is 170 cm³/mol. The lowest BCUT2D eigenvalue weighted by atomic mass is 9.85. The van der Waals surface area contributed by atoms with Crippen LogP contribution in [0, 0.1) is 28.5 Å². The highest BCUT2D eigenvalue weighted by molar-refractivity contribution is 7.93. The summed E-state index contributed by atoms with van der Waals surface area (Å²) in [5.41, 5.74) is -2.27. The van der Waals surface area contributed by atoms with Gasteiger partial charge < -0.3 is 19.3 Å². The molecule has 1 aromatic heterocycles. The molecular weight excluding hydrogens is 639 g/mol. The lowest BCUT2D eigenvalue weighted by Crippen LogP contribution is -2.53. The number of sulfonamides is 1. The van der Waals surface area contributed by atoms with E-state index in [-0.39, 0.29) is 47.8 Å². The average Bonchev–Trinajstić information content (AvgIpc) is 3.36. The normalized spacial score (nSPS) is 17.3. The van der Waals surface area contributed by atoms with Gasteiger partial charge in [-0.1, -0.05) is 30.3 Å². The summed E-state index contributed by atoms with van der Waals surface area (Å²) in [7, 11) is -4.91. The number of amides is 2. The van der Waals surface area contributed by atoms with Crippen molar-refractivity contribution in [3.05, 3.63) is 113 Å². The van der Waals surface area contributed by atoms with E-state index in [9.17, 15) is 27.7 Å². The van der Waals surface area contributed by atoms with E-state index in [1.54, 1.807) is 37.3 Å². The molecule has 2 aliphatic rings. The summed E-state index contributed by atoms with van der Waals surface area (Å²) >= 11 is 0. The van der Waals surface area contributed by atoms with E-state index in [1.807, 2.05) is 17.0 Å². The molecule has 12 nitrogen and oxygen atoms in total. The van der Waals surface area contributed by atoms with Crippen LogP contribution in [0.25, 0.3) is 0 Å². The molecule has 1 unspecified atom stereocenters. The highest BCUT2D eigenvalue weighted by atomic mass is 32.2. The molecule has 1 atom stereocenters. The summed E-state index contributed by atoms with van der Waals surface area (Å²) in [6.45, 7) is 2.86. The van der Waals surface area contributed by atoms with Crippen molar-refractivity contribution in [3.63, 3.8) is 0 Å². The van der Waals surface area contributed by atoms with E-state index in [0.29, 0.717) is 28.8 Å². The van der Waals surface area contributed by atoms with Gasteiger partial charge in [-0.25, -0.2) is 22.6 Å². The van der Waals surface area contributed by atoms with Gasteiger partial charge in [0.25, 0.3) is 15.9 Å². The highest BCUT2D eigenvalue weighted by Crippen LogP contribution is 2.52.